The summed E-state index contributed by atoms with van der Waals surface area (Å²) < 4.78 is 27.3. The molecule has 2 aromatic rings. The Labute approximate surface area is 119 Å². The highest BCUT2D eigenvalue weighted by atomic mass is 35.5. The predicted molar refractivity (Wildman–Crippen MR) is 72.0 cm³/mol. The molecule has 1 atom stereocenters. The van der Waals surface area contributed by atoms with Crippen molar-refractivity contribution in [1.29, 1.82) is 0 Å². The third kappa shape index (κ3) is 3.04. The van der Waals surface area contributed by atoms with E-state index >= 15 is 0 Å². The highest BCUT2D eigenvalue weighted by molar-refractivity contribution is 6.31. The summed E-state index contributed by atoms with van der Waals surface area (Å²) >= 11 is 11.3. The van der Waals surface area contributed by atoms with Gasteiger partial charge in [-0.15, -0.1) is 0 Å². The van der Waals surface area contributed by atoms with E-state index in [0.717, 1.165) is 12.1 Å². The highest BCUT2D eigenvalue weighted by Gasteiger charge is 2.19. The molecule has 0 fully saturated rings. The second-order valence-electron chi connectivity index (χ2n) is 3.94. The Bertz CT molecular complexity index is 588. The number of nitrogens with one attached hydrogen (secondary N) is 1. The van der Waals surface area contributed by atoms with Gasteiger partial charge >= 0.3 is 0 Å². The minimum absolute atomic E-state index is 0.0757. The molecule has 0 bridgehead atoms. The van der Waals surface area contributed by atoms with Crippen molar-refractivity contribution < 1.29 is 8.78 Å². The molecule has 0 aromatic heterocycles. The van der Waals surface area contributed by atoms with Crippen LogP contribution in [-0.2, 0) is 0 Å². The van der Waals surface area contributed by atoms with Crippen molar-refractivity contribution in [2.75, 3.05) is 0 Å². The van der Waals surface area contributed by atoms with Gasteiger partial charge in [0.2, 0.25) is 0 Å². The smallest absolute Gasteiger partial charge is 0.142 e. The molecular formula is C13H10Cl2F2N2. The Morgan fingerprint density at radius 3 is 2.21 bits per heavy atom. The lowest BCUT2D eigenvalue weighted by Crippen LogP contribution is -2.29. The van der Waals surface area contributed by atoms with E-state index in [-0.39, 0.29) is 10.6 Å². The molecule has 2 nitrogen and oxygen atoms in total. The van der Waals surface area contributed by atoms with Gasteiger partial charge in [0.25, 0.3) is 0 Å². The number of hydrazine groups is 1. The molecule has 0 aliphatic carbocycles. The minimum atomic E-state index is -0.702. The van der Waals surface area contributed by atoms with Crippen LogP contribution in [0.15, 0.2) is 36.4 Å². The van der Waals surface area contributed by atoms with E-state index in [2.05, 4.69) is 5.43 Å². The summed E-state index contributed by atoms with van der Waals surface area (Å²) in [6, 6.07) is 7.90. The number of benzene rings is 2. The van der Waals surface area contributed by atoms with Crippen molar-refractivity contribution in [3.05, 3.63) is 69.2 Å². The molecule has 3 N–H and O–H groups in total. The average molecular weight is 303 g/mol. The van der Waals surface area contributed by atoms with Crippen molar-refractivity contribution in [1.82, 2.24) is 5.43 Å². The average Bonchev–Trinajstić information content (AvgIpc) is 2.38. The first-order chi connectivity index (χ1) is 9.02. The zero-order valence-electron chi connectivity index (χ0n) is 9.63. The van der Waals surface area contributed by atoms with Crippen LogP contribution in [-0.4, -0.2) is 0 Å². The van der Waals surface area contributed by atoms with Gasteiger partial charge in [-0.2, -0.15) is 0 Å². The van der Waals surface area contributed by atoms with Crippen molar-refractivity contribution in [3.8, 4) is 0 Å². The number of nitrogens with two attached hydrogens (primary N) is 1. The van der Waals surface area contributed by atoms with Crippen molar-refractivity contribution in [2.45, 2.75) is 6.04 Å². The number of hydrogen-bond acceptors (Lipinski definition) is 2. The van der Waals surface area contributed by atoms with Crippen LogP contribution < -0.4 is 11.3 Å². The highest BCUT2D eigenvalue weighted by Crippen LogP contribution is 2.28. The minimum Gasteiger partial charge on any atom is -0.271 e. The molecule has 2 aromatic carbocycles. The Balaban J connectivity index is 2.47. The fourth-order valence-corrected chi connectivity index (χ4v) is 2.06. The Hall–Kier alpha value is -1.20. The maximum atomic E-state index is 13.9. The molecule has 1 unspecified atom stereocenters. The van der Waals surface area contributed by atoms with Crippen LogP contribution in [0.3, 0.4) is 0 Å². The normalized spacial score (nSPS) is 12.5. The number of halogens is 4. The summed E-state index contributed by atoms with van der Waals surface area (Å²) in [7, 11) is 0. The van der Waals surface area contributed by atoms with Gasteiger partial charge in [0.15, 0.2) is 0 Å². The van der Waals surface area contributed by atoms with E-state index in [4.69, 9.17) is 29.0 Å². The van der Waals surface area contributed by atoms with Crippen molar-refractivity contribution in [2.24, 2.45) is 5.84 Å². The summed E-state index contributed by atoms with van der Waals surface area (Å²) in [5.74, 6) is 4.09. The summed E-state index contributed by atoms with van der Waals surface area (Å²) in [5.41, 5.74) is 3.18. The van der Waals surface area contributed by atoms with Crippen LogP contribution in [0.1, 0.15) is 17.2 Å². The Kier molecular flexibility index (Phi) is 4.37. The van der Waals surface area contributed by atoms with Gasteiger partial charge in [0.05, 0.1) is 11.1 Å². The first kappa shape index (κ1) is 14.2. The molecule has 0 radical (unpaired) electrons. The molecule has 0 amide bonds. The van der Waals surface area contributed by atoms with E-state index < -0.39 is 17.7 Å². The zero-order chi connectivity index (χ0) is 14.0. The molecule has 0 saturated heterocycles. The van der Waals surface area contributed by atoms with E-state index in [1.54, 1.807) is 24.3 Å². The van der Waals surface area contributed by atoms with Gasteiger partial charge in [-0.1, -0.05) is 35.3 Å². The zero-order valence-corrected chi connectivity index (χ0v) is 11.1. The summed E-state index contributed by atoms with van der Waals surface area (Å²) in [6.45, 7) is 0. The monoisotopic (exact) mass is 302 g/mol. The number of hydrogen-bond donors (Lipinski definition) is 2. The van der Waals surface area contributed by atoms with Gasteiger partial charge in [-0.25, -0.2) is 14.2 Å². The molecule has 19 heavy (non-hydrogen) atoms. The lowest BCUT2D eigenvalue weighted by atomic mass is 9.99. The molecule has 2 rings (SSSR count). The molecule has 0 aliphatic rings. The van der Waals surface area contributed by atoms with E-state index in [1.165, 1.54) is 0 Å². The van der Waals surface area contributed by atoms with Gasteiger partial charge in [0, 0.05) is 10.6 Å². The third-order valence-electron chi connectivity index (χ3n) is 2.72. The molecule has 0 saturated carbocycles. The quantitative estimate of drug-likeness (QED) is 0.514. The molecule has 0 spiro atoms. The first-order valence-corrected chi connectivity index (χ1v) is 6.14. The van der Waals surface area contributed by atoms with Crippen LogP contribution in [0.5, 0.6) is 0 Å². The van der Waals surface area contributed by atoms with Crippen LogP contribution in [0.4, 0.5) is 8.78 Å². The topological polar surface area (TPSA) is 38.0 Å². The SMILES string of the molecule is NNC(c1ccc(Cl)cc1)c1cc(F)c(Cl)cc1F. The lowest BCUT2D eigenvalue weighted by Gasteiger charge is -2.18. The summed E-state index contributed by atoms with van der Waals surface area (Å²) in [5, 5.41) is 0.274. The largest absolute Gasteiger partial charge is 0.271 e. The van der Waals surface area contributed by atoms with Crippen LogP contribution in [0, 0.1) is 11.6 Å². The Morgan fingerprint density at radius 2 is 1.63 bits per heavy atom. The van der Waals surface area contributed by atoms with Gasteiger partial charge < -0.3 is 0 Å². The van der Waals surface area contributed by atoms with E-state index in [9.17, 15) is 8.78 Å². The van der Waals surface area contributed by atoms with Gasteiger partial charge in [-0.05, 0) is 29.8 Å². The van der Waals surface area contributed by atoms with Gasteiger partial charge in [0.1, 0.15) is 11.6 Å². The second-order valence-corrected chi connectivity index (χ2v) is 4.78. The van der Waals surface area contributed by atoms with Crippen molar-refractivity contribution in [3.63, 3.8) is 0 Å². The van der Waals surface area contributed by atoms with Crippen molar-refractivity contribution >= 4 is 23.2 Å². The Morgan fingerprint density at radius 1 is 1.00 bits per heavy atom. The lowest BCUT2D eigenvalue weighted by molar-refractivity contribution is 0.546. The maximum absolute atomic E-state index is 13.9. The summed E-state index contributed by atoms with van der Waals surface area (Å²) in [6.07, 6.45) is 0. The van der Waals surface area contributed by atoms with Gasteiger partial charge in [-0.3, -0.25) is 5.84 Å². The molecule has 0 aliphatic heterocycles. The molecule has 0 heterocycles. The van der Waals surface area contributed by atoms with Crippen LogP contribution >= 0.6 is 23.2 Å². The first-order valence-electron chi connectivity index (χ1n) is 5.39. The fraction of sp³-hybridized carbons (Fsp3) is 0.0769. The predicted octanol–water partition coefficient (Wildman–Crippen LogP) is 3.82. The molecule has 6 heteroatoms. The summed E-state index contributed by atoms with van der Waals surface area (Å²) in [4.78, 5) is 0. The van der Waals surface area contributed by atoms with Crippen LogP contribution in [0.2, 0.25) is 10.0 Å². The van der Waals surface area contributed by atoms with Crippen LogP contribution in [0.25, 0.3) is 0 Å². The fourth-order valence-electron chi connectivity index (χ4n) is 1.78. The molecule has 100 valence electrons. The third-order valence-corrected chi connectivity index (χ3v) is 3.26. The standard InChI is InChI=1S/C13H10Cl2F2N2/c14-8-3-1-7(2-4-8)13(19-18)9-5-12(17)10(15)6-11(9)16/h1-6,13,19H,18H2. The van der Waals surface area contributed by atoms with E-state index in [1.807, 2.05) is 0 Å². The maximum Gasteiger partial charge on any atom is 0.142 e. The second kappa shape index (κ2) is 5.84. The number of rotatable bonds is 3. The molecular weight excluding hydrogens is 293 g/mol. The van der Waals surface area contributed by atoms with E-state index in [0.29, 0.717) is 10.6 Å².